The Balaban J connectivity index is 2.52. The van der Waals surface area contributed by atoms with Crippen molar-refractivity contribution >= 4 is 0 Å². The molecule has 0 aromatic carbocycles. The highest BCUT2D eigenvalue weighted by Crippen LogP contribution is 2.22. The zero-order valence-electron chi connectivity index (χ0n) is 10.6. The van der Waals surface area contributed by atoms with Gasteiger partial charge in [-0.25, -0.2) is 0 Å². The summed E-state index contributed by atoms with van der Waals surface area (Å²) in [6.45, 7) is 3.84. The molecule has 16 heavy (non-hydrogen) atoms. The first-order valence-electron chi connectivity index (χ1n) is 6.29. The van der Waals surface area contributed by atoms with Crippen molar-refractivity contribution in [1.29, 1.82) is 0 Å². The van der Waals surface area contributed by atoms with Crippen molar-refractivity contribution < 1.29 is 10.2 Å². The lowest BCUT2D eigenvalue weighted by Crippen LogP contribution is -2.44. The lowest BCUT2D eigenvalue weighted by atomic mass is 9.95. The summed E-state index contributed by atoms with van der Waals surface area (Å²) in [6.07, 6.45) is 7.29. The minimum absolute atomic E-state index is 0.203. The Labute approximate surface area is 98.8 Å². The van der Waals surface area contributed by atoms with Crippen LogP contribution in [0.3, 0.4) is 0 Å². The minimum atomic E-state index is -0.271. The third-order valence-corrected chi connectivity index (χ3v) is 3.46. The molecule has 1 heterocycles. The second-order valence-corrected chi connectivity index (χ2v) is 4.93. The van der Waals surface area contributed by atoms with E-state index in [9.17, 15) is 10.2 Å². The molecule has 0 aliphatic carbocycles. The number of likely N-dealkylation sites (N-methyl/N-ethyl adjacent to an activating group) is 1. The average molecular weight is 227 g/mol. The molecule has 0 radical (unpaired) electrons. The Kier molecular flexibility index (Phi) is 5.46. The van der Waals surface area contributed by atoms with E-state index in [0.29, 0.717) is 12.1 Å². The summed E-state index contributed by atoms with van der Waals surface area (Å²) in [6, 6.07) is 0.714. The molecule has 4 unspecified atom stereocenters. The van der Waals surface area contributed by atoms with Gasteiger partial charge in [-0.3, -0.25) is 4.90 Å². The van der Waals surface area contributed by atoms with Gasteiger partial charge in [0, 0.05) is 12.1 Å². The molecule has 1 aliphatic rings. The molecule has 0 fully saturated rings. The first-order chi connectivity index (χ1) is 7.54. The smallest absolute Gasteiger partial charge is 0.0552 e. The van der Waals surface area contributed by atoms with E-state index in [4.69, 9.17) is 0 Å². The molecule has 0 spiro atoms. The normalized spacial score (nSPS) is 30.3. The van der Waals surface area contributed by atoms with E-state index in [1.807, 2.05) is 13.8 Å². The van der Waals surface area contributed by atoms with Crippen LogP contribution in [0.5, 0.6) is 0 Å². The molecule has 3 nitrogen and oxygen atoms in total. The third kappa shape index (κ3) is 3.89. The second-order valence-electron chi connectivity index (χ2n) is 4.93. The molecule has 0 aromatic rings. The van der Waals surface area contributed by atoms with E-state index in [-0.39, 0.29) is 12.2 Å². The zero-order chi connectivity index (χ0) is 12.1. The fraction of sp³-hybridized carbons (Fsp3) is 0.846. The van der Waals surface area contributed by atoms with Gasteiger partial charge in [-0.1, -0.05) is 19.1 Å². The molecule has 0 saturated heterocycles. The maximum Gasteiger partial charge on any atom is 0.0552 e. The Bertz CT molecular complexity index is 228. The van der Waals surface area contributed by atoms with Gasteiger partial charge in [-0.15, -0.1) is 0 Å². The van der Waals surface area contributed by atoms with Crippen molar-refractivity contribution in [3.05, 3.63) is 12.2 Å². The summed E-state index contributed by atoms with van der Waals surface area (Å²) >= 11 is 0. The Hall–Kier alpha value is -0.380. The van der Waals surface area contributed by atoms with Gasteiger partial charge in [0.15, 0.2) is 0 Å². The highest BCUT2D eigenvalue weighted by Gasteiger charge is 2.26. The predicted octanol–water partition coefficient (Wildman–Crippen LogP) is 1.55. The van der Waals surface area contributed by atoms with Gasteiger partial charge in [0.2, 0.25) is 0 Å². The second kappa shape index (κ2) is 6.38. The Morgan fingerprint density at radius 3 is 2.62 bits per heavy atom. The van der Waals surface area contributed by atoms with Crippen LogP contribution in [0.15, 0.2) is 12.2 Å². The van der Waals surface area contributed by atoms with Crippen molar-refractivity contribution in [3.8, 4) is 0 Å². The molecule has 4 atom stereocenters. The maximum atomic E-state index is 9.70. The SMILES string of the molecule is CCC(O)CC1CC=CC(CC(C)O)N1C. The van der Waals surface area contributed by atoms with Crippen molar-refractivity contribution in [2.45, 2.75) is 63.8 Å². The van der Waals surface area contributed by atoms with E-state index in [1.54, 1.807) is 0 Å². The van der Waals surface area contributed by atoms with Gasteiger partial charge in [0.05, 0.1) is 12.2 Å². The van der Waals surface area contributed by atoms with Crippen molar-refractivity contribution in [2.75, 3.05) is 7.05 Å². The molecule has 1 rings (SSSR count). The van der Waals surface area contributed by atoms with Crippen molar-refractivity contribution in [2.24, 2.45) is 0 Å². The first kappa shape index (κ1) is 13.7. The molecule has 0 amide bonds. The molecular weight excluding hydrogens is 202 g/mol. The van der Waals surface area contributed by atoms with E-state index in [2.05, 4.69) is 24.1 Å². The third-order valence-electron chi connectivity index (χ3n) is 3.46. The summed E-state index contributed by atoms with van der Waals surface area (Å²) in [7, 11) is 2.09. The van der Waals surface area contributed by atoms with Gasteiger partial charge < -0.3 is 10.2 Å². The maximum absolute atomic E-state index is 9.70. The highest BCUT2D eigenvalue weighted by atomic mass is 16.3. The summed E-state index contributed by atoms with van der Waals surface area (Å²) in [4.78, 5) is 2.28. The summed E-state index contributed by atoms with van der Waals surface area (Å²) in [5.74, 6) is 0. The van der Waals surface area contributed by atoms with Crippen LogP contribution in [0.2, 0.25) is 0 Å². The summed E-state index contributed by atoms with van der Waals surface area (Å²) < 4.78 is 0. The zero-order valence-corrected chi connectivity index (χ0v) is 10.6. The monoisotopic (exact) mass is 227 g/mol. The van der Waals surface area contributed by atoms with Crippen LogP contribution in [0.1, 0.15) is 39.5 Å². The van der Waals surface area contributed by atoms with Crippen molar-refractivity contribution in [1.82, 2.24) is 4.90 Å². The number of nitrogens with zero attached hydrogens (tertiary/aromatic N) is 1. The van der Waals surface area contributed by atoms with Crippen molar-refractivity contribution in [3.63, 3.8) is 0 Å². The molecule has 0 bridgehead atoms. The number of aliphatic hydroxyl groups is 2. The lowest BCUT2D eigenvalue weighted by Gasteiger charge is -2.37. The highest BCUT2D eigenvalue weighted by molar-refractivity contribution is 5.03. The topological polar surface area (TPSA) is 43.7 Å². The van der Waals surface area contributed by atoms with Gasteiger partial charge in [-0.05, 0) is 39.7 Å². The van der Waals surface area contributed by atoms with Crippen LogP contribution in [0.25, 0.3) is 0 Å². The number of rotatable bonds is 5. The Morgan fingerprint density at radius 2 is 2.06 bits per heavy atom. The fourth-order valence-corrected chi connectivity index (χ4v) is 2.30. The number of hydrogen-bond acceptors (Lipinski definition) is 3. The predicted molar refractivity (Wildman–Crippen MR) is 66.3 cm³/mol. The summed E-state index contributed by atoms with van der Waals surface area (Å²) in [5.41, 5.74) is 0. The molecule has 1 aliphatic heterocycles. The quantitative estimate of drug-likeness (QED) is 0.700. The largest absolute Gasteiger partial charge is 0.393 e. The minimum Gasteiger partial charge on any atom is -0.393 e. The van der Waals surface area contributed by atoms with Crippen LogP contribution >= 0.6 is 0 Å². The Morgan fingerprint density at radius 1 is 1.38 bits per heavy atom. The molecule has 94 valence electrons. The van der Waals surface area contributed by atoms with E-state index in [1.165, 1.54) is 0 Å². The van der Waals surface area contributed by atoms with E-state index >= 15 is 0 Å². The molecule has 0 saturated carbocycles. The molecule has 2 N–H and O–H groups in total. The number of aliphatic hydroxyl groups excluding tert-OH is 2. The van der Waals surface area contributed by atoms with Gasteiger partial charge in [-0.2, -0.15) is 0 Å². The molecule has 0 aromatic heterocycles. The van der Waals surface area contributed by atoms with E-state index in [0.717, 1.165) is 25.7 Å². The number of hydrogen-bond donors (Lipinski definition) is 2. The van der Waals surface area contributed by atoms with Gasteiger partial charge in [0.1, 0.15) is 0 Å². The van der Waals surface area contributed by atoms with Crippen LogP contribution < -0.4 is 0 Å². The standard InChI is InChI=1S/C13H25NO2/c1-4-13(16)9-12-7-5-6-11(14(12)3)8-10(2)15/h5-6,10-13,15-16H,4,7-9H2,1-3H3. The van der Waals surface area contributed by atoms with Gasteiger partial charge in [0.25, 0.3) is 0 Å². The van der Waals surface area contributed by atoms with Crippen LogP contribution in [0, 0.1) is 0 Å². The van der Waals surface area contributed by atoms with E-state index < -0.39 is 0 Å². The molecule has 3 heteroatoms. The fourth-order valence-electron chi connectivity index (χ4n) is 2.30. The average Bonchev–Trinajstić information content (AvgIpc) is 2.23. The van der Waals surface area contributed by atoms with Crippen LogP contribution in [0.4, 0.5) is 0 Å². The van der Waals surface area contributed by atoms with Crippen LogP contribution in [-0.4, -0.2) is 46.5 Å². The first-order valence-corrected chi connectivity index (χ1v) is 6.29. The molecular formula is C13H25NO2. The van der Waals surface area contributed by atoms with Crippen LogP contribution in [-0.2, 0) is 0 Å². The summed E-state index contributed by atoms with van der Waals surface area (Å²) in [5, 5.41) is 19.1. The lowest BCUT2D eigenvalue weighted by molar-refractivity contribution is 0.0770. The van der Waals surface area contributed by atoms with Gasteiger partial charge >= 0.3 is 0 Å².